The number of carbonyl (C=O) groups is 4. The zero-order chi connectivity index (χ0) is 46.7. The Hall–Kier alpha value is -3.66. The van der Waals surface area contributed by atoms with Gasteiger partial charge < -0.3 is 29.7 Å². The second-order valence-corrected chi connectivity index (χ2v) is 23.8. The maximum absolute atomic E-state index is 15.1. The third-order valence-corrected chi connectivity index (χ3v) is 17.3. The van der Waals surface area contributed by atoms with Crippen LogP contribution < -0.4 is 5.32 Å². The minimum Gasteiger partial charge on any atom is -0.481 e. The molecule has 10 nitrogen and oxygen atoms in total. The molecule has 4 fully saturated rings. The summed E-state index contributed by atoms with van der Waals surface area (Å²) in [6, 6.07) is 8.02. The van der Waals surface area contributed by atoms with Crippen molar-refractivity contribution < 1.29 is 33.8 Å². The summed E-state index contributed by atoms with van der Waals surface area (Å²) in [6.07, 6.45) is 11.0. The van der Waals surface area contributed by atoms with Crippen molar-refractivity contribution >= 4 is 29.5 Å². The minimum absolute atomic E-state index is 0.0316. The van der Waals surface area contributed by atoms with E-state index >= 15 is 4.79 Å². The fraction of sp³-hybridized carbons (Fsp3) is 0.736. The number of esters is 1. The smallest absolute Gasteiger partial charge is 0.410 e. The van der Waals surface area contributed by atoms with Gasteiger partial charge in [0.25, 0.3) is 0 Å². The van der Waals surface area contributed by atoms with Crippen molar-refractivity contribution in [1.82, 2.24) is 15.1 Å². The number of benzene rings is 1. The maximum atomic E-state index is 15.1. The average Bonchev–Trinajstić information content (AvgIpc) is 3.56. The van der Waals surface area contributed by atoms with Crippen LogP contribution in [0.1, 0.15) is 156 Å². The molecule has 63 heavy (non-hydrogen) atoms. The van der Waals surface area contributed by atoms with E-state index < -0.39 is 28.7 Å². The molecule has 0 spiro atoms. The first-order chi connectivity index (χ1) is 29.1. The molecule has 0 saturated heterocycles. The van der Waals surface area contributed by atoms with Gasteiger partial charge in [0.1, 0.15) is 11.2 Å². The Bertz CT molecular complexity index is 1960. The minimum atomic E-state index is -0.947. The van der Waals surface area contributed by atoms with Crippen molar-refractivity contribution in [2.24, 2.45) is 56.7 Å². The van der Waals surface area contributed by atoms with Gasteiger partial charge in [-0.05, 0) is 194 Å². The summed E-state index contributed by atoms with van der Waals surface area (Å²) < 4.78 is 11.6. The van der Waals surface area contributed by atoms with Crippen molar-refractivity contribution in [3.8, 4) is 0 Å². The highest BCUT2D eigenvalue weighted by molar-refractivity contribution is 5.90. The van der Waals surface area contributed by atoms with Crippen molar-refractivity contribution in [2.75, 3.05) is 40.3 Å². The monoisotopic (exact) mass is 872 g/mol. The molecular weight excluding hydrogens is 791 g/mol. The van der Waals surface area contributed by atoms with Crippen LogP contribution in [0, 0.1) is 56.7 Å². The Labute approximate surface area is 379 Å². The Morgan fingerprint density at radius 2 is 1.43 bits per heavy atom. The summed E-state index contributed by atoms with van der Waals surface area (Å²) in [5, 5.41) is 12.7. The van der Waals surface area contributed by atoms with Crippen LogP contribution in [0.2, 0.25) is 0 Å². The molecule has 4 saturated carbocycles. The van der Waals surface area contributed by atoms with E-state index in [1.807, 2.05) is 72.7 Å². The lowest BCUT2D eigenvalue weighted by atomic mass is 9.33. The molecule has 0 bridgehead atoms. The zero-order valence-electron chi connectivity index (χ0n) is 41.2. The highest BCUT2D eigenvalue weighted by Gasteiger charge is 2.71. The van der Waals surface area contributed by atoms with E-state index in [0.717, 1.165) is 56.9 Å². The van der Waals surface area contributed by atoms with Gasteiger partial charge in [0, 0.05) is 26.2 Å². The largest absolute Gasteiger partial charge is 0.481 e. The summed E-state index contributed by atoms with van der Waals surface area (Å²) in [5.41, 5.74) is 1.64. The zero-order valence-corrected chi connectivity index (χ0v) is 41.2. The fourth-order valence-electron chi connectivity index (χ4n) is 14.4. The topological polar surface area (TPSA) is 125 Å². The molecule has 0 aliphatic heterocycles. The Balaban J connectivity index is 1.33. The molecule has 2 amide bonds. The van der Waals surface area contributed by atoms with Crippen LogP contribution in [0.5, 0.6) is 0 Å². The van der Waals surface area contributed by atoms with Gasteiger partial charge in [0.2, 0.25) is 5.91 Å². The lowest BCUT2D eigenvalue weighted by molar-refractivity contribution is -0.220. The molecule has 5 aliphatic carbocycles. The number of carbonyl (C=O) groups excluding carboxylic acids is 3. The van der Waals surface area contributed by atoms with Gasteiger partial charge >= 0.3 is 18.0 Å². The summed E-state index contributed by atoms with van der Waals surface area (Å²) in [6.45, 7) is 29.9. The molecule has 6 rings (SSSR count). The summed E-state index contributed by atoms with van der Waals surface area (Å²) in [7, 11) is 3.96. The second-order valence-electron chi connectivity index (χ2n) is 23.8. The molecule has 0 heterocycles. The van der Waals surface area contributed by atoms with E-state index in [1.54, 1.807) is 4.90 Å². The molecular formula is C53H81N3O7. The molecule has 10 heteroatoms. The Morgan fingerprint density at radius 3 is 2.03 bits per heavy atom. The number of aliphatic carboxylic acids is 1. The van der Waals surface area contributed by atoms with Crippen LogP contribution in [0.4, 0.5) is 4.79 Å². The summed E-state index contributed by atoms with van der Waals surface area (Å²) in [5.74, 6) is 0.224. The van der Waals surface area contributed by atoms with Crippen LogP contribution in [-0.4, -0.2) is 90.3 Å². The lowest BCUT2D eigenvalue weighted by Gasteiger charge is -2.72. The van der Waals surface area contributed by atoms with Crippen molar-refractivity contribution in [1.29, 1.82) is 0 Å². The quantitative estimate of drug-likeness (QED) is 0.157. The van der Waals surface area contributed by atoms with E-state index in [2.05, 4.69) is 58.1 Å². The first kappa shape index (κ1) is 48.8. The van der Waals surface area contributed by atoms with Gasteiger partial charge in [-0.2, -0.15) is 0 Å². The van der Waals surface area contributed by atoms with Crippen LogP contribution in [-0.2, 0) is 19.1 Å². The predicted molar refractivity (Wildman–Crippen MR) is 250 cm³/mol. The number of nitrogens with zero attached hydrogens (tertiary/aromatic N) is 2. The van der Waals surface area contributed by atoms with Gasteiger partial charge in [-0.25, -0.2) is 9.59 Å². The molecule has 1 aromatic carbocycles. The third-order valence-electron chi connectivity index (χ3n) is 17.3. The SMILES string of the molecule is C=C(CN(CCN(C)C)C(=O)OC(C)(C)C)[C@@]1(C(=O)NCCC(=O)O)CC[C@@H]2CC[C@]3(C)[C@H](CC[C@@H]4[C@@]5(C)CC=C(c6ccc(C(=O)OC(C)(C)C)cc6)C(C)(C)[C@@H]5CC[C@]43C)[C@H]21. The summed E-state index contributed by atoms with van der Waals surface area (Å²) in [4.78, 5) is 57.2. The molecule has 0 unspecified atom stereocenters. The van der Waals surface area contributed by atoms with E-state index in [4.69, 9.17) is 16.1 Å². The second kappa shape index (κ2) is 17.3. The van der Waals surface area contributed by atoms with Crippen LogP contribution in [0.3, 0.4) is 0 Å². The maximum Gasteiger partial charge on any atom is 0.410 e. The number of carboxylic acid groups (broad SMARTS) is 1. The normalized spacial score (nSPS) is 33.4. The van der Waals surface area contributed by atoms with Gasteiger partial charge in [-0.3, -0.25) is 9.59 Å². The van der Waals surface area contributed by atoms with E-state index in [1.165, 1.54) is 11.1 Å². The number of nitrogens with one attached hydrogen (secondary N) is 1. The Morgan fingerprint density at radius 1 is 0.810 bits per heavy atom. The van der Waals surface area contributed by atoms with E-state index in [0.29, 0.717) is 42.8 Å². The number of hydrogen-bond donors (Lipinski definition) is 2. The number of hydrogen-bond acceptors (Lipinski definition) is 7. The number of carboxylic acids is 1. The highest BCUT2D eigenvalue weighted by Crippen LogP contribution is 2.77. The van der Waals surface area contributed by atoms with E-state index in [9.17, 15) is 19.5 Å². The predicted octanol–water partition coefficient (Wildman–Crippen LogP) is 10.7. The third kappa shape index (κ3) is 9.01. The molecule has 0 aromatic heterocycles. The molecule has 5 aliphatic rings. The first-order valence-electron chi connectivity index (χ1n) is 24.0. The van der Waals surface area contributed by atoms with Gasteiger partial charge in [-0.1, -0.05) is 59.4 Å². The van der Waals surface area contributed by atoms with Gasteiger partial charge in [-0.15, -0.1) is 0 Å². The van der Waals surface area contributed by atoms with Crippen molar-refractivity contribution in [3.05, 3.63) is 53.6 Å². The number of amides is 2. The van der Waals surface area contributed by atoms with E-state index in [-0.39, 0.29) is 64.9 Å². The van der Waals surface area contributed by atoms with Gasteiger partial charge in [0.15, 0.2) is 0 Å². The first-order valence-corrected chi connectivity index (χ1v) is 24.0. The lowest BCUT2D eigenvalue weighted by Crippen LogP contribution is -2.65. The molecule has 9 atom stereocenters. The number of allylic oxidation sites excluding steroid dienone is 2. The highest BCUT2D eigenvalue weighted by atomic mass is 16.6. The molecule has 350 valence electrons. The van der Waals surface area contributed by atoms with Crippen LogP contribution in [0.15, 0.2) is 42.5 Å². The van der Waals surface area contributed by atoms with Crippen molar-refractivity contribution in [3.63, 3.8) is 0 Å². The number of rotatable bonds is 12. The molecule has 1 aromatic rings. The molecule has 2 N–H and O–H groups in total. The standard InChI is InChI=1S/C53H81N3O7/c1-34(33-56(32-31-55(13)14)46(61)63-48(5,6)7)53(45(60)54-30-25-42(57)58)29-22-36-21-27-51(11)39(43(36)53)19-20-41-50(10)26-23-38(49(8,9)40(50)24-28-52(41,51)12)35-15-17-37(18-16-35)44(59)62-47(2,3)4/h15-18,23,36,39-41,43H,1,19-22,24-33H2,2-14H3,(H,54,60)(H,57,58)/t36-,39+,40-,41+,43-,50-,51+,52+,53-/m0/s1. The Kier molecular flexibility index (Phi) is 13.4. The van der Waals surface area contributed by atoms with Crippen LogP contribution in [0.25, 0.3) is 5.57 Å². The molecule has 0 radical (unpaired) electrons. The number of likely N-dealkylation sites (N-methyl/N-ethyl adjacent to an activating group) is 1. The average molecular weight is 872 g/mol. The van der Waals surface area contributed by atoms with Crippen LogP contribution >= 0.6 is 0 Å². The van der Waals surface area contributed by atoms with Crippen molar-refractivity contribution in [2.45, 2.75) is 152 Å². The fourth-order valence-corrected chi connectivity index (χ4v) is 14.4. The number of ether oxygens (including phenoxy) is 2. The summed E-state index contributed by atoms with van der Waals surface area (Å²) >= 11 is 0. The van der Waals surface area contributed by atoms with Gasteiger partial charge in [0.05, 0.1) is 17.4 Å². The number of fused-ring (bicyclic) bond motifs is 7.